The summed E-state index contributed by atoms with van der Waals surface area (Å²) in [7, 11) is 0. The van der Waals surface area contributed by atoms with Gasteiger partial charge in [0.1, 0.15) is 10.8 Å². The highest BCUT2D eigenvalue weighted by Crippen LogP contribution is 2.10. The monoisotopic (exact) mass is 238 g/mol. The van der Waals surface area contributed by atoms with E-state index in [1.54, 1.807) is 6.92 Å². The fourth-order valence-corrected chi connectivity index (χ4v) is 0.972. The van der Waals surface area contributed by atoms with Crippen LogP contribution in [0.4, 0.5) is 8.78 Å². The van der Waals surface area contributed by atoms with E-state index >= 15 is 0 Å². The zero-order chi connectivity index (χ0) is 9.30. The third kappa shape index (κ3) is 1.52. The van der Waals surface area contributed by atoms with Crippen molar-refractivity contribution < 1.29 is 8.78 Å². The molecular formula is C6H5BrF2N2O. The van der Waals surface area contributed by atoms with Crippen LogP contribution in [0.1, 0.15) is 12.2 Å². The van der Waals surface area contributed by atoms with Gasteiger partial charge in [0.2, 0.25) is 0 Å². The van der Waals surface area contributed by atoms with Gasteiger partial charge in [0.25, 0.3) is 5.56 Å². The highest BCUT2D eigenvalue weighted by atomic mass is 79.9. The van der Waals surface area contributed by atoms with Crippen LogP contribution in [-0.4, -0.2) is 9.55 Å². The summed E-state index contributed by atoms with van der Waals surface area (Å²) in [5, 5.41) is 0. The molecule has 3 nitrogen and oxygen atoms in total. The highest BCUT2D eigenvalue weighted by Gasteiger charge is 2.11. The molecule has 0 aliphatic rings. The van der Waals surface area contributed by atoms with Crippen LogP contribution in [-0.2, 0) is 0 Å². The van der Waals surface area contributed by atoms with Crippen molar-refractivity contribution in [1.29, 1.82) is 0 Å². The number of hydrogen-bond donors (Lipinski definition) is 0. The molecule has 0 amide bonds. The second-order valence-corrected chi connectivity index (χ2v) is 2.93. The molecule has 0 N–H and O–H groups in total. The van der Waals surface area contributed by atoms with Crippen molar-refractivity contribution in [2.75, 3.05) is 0 Å². The van der Waals surface area contributed by atoms with Crippen LogP contribution in [0.3, 0.4) is 0 Å². The minimum Gasteiger partial charge on any atom is -0.268 e. The standard InChI is InChI=1S/C6H5BrF2N2O/c1-3-4(7)5(12)11(2-10-3)6(8)9/h2,6H,1H3. The molecule has 0 aliphatic carbocycles. The normalized spacial score (nSPS) is 10.8. The van der Waals surface area contributed by atoms with E-state index in [1.807, 2.05) is 0 Å². The predicted octanol–water partition coefficient (Wildman–Crippen LogP) is 1.71. The van der Waals surface area contributed by atoms with E-state index in [-0.39, 0.29) is 9.04 Å². The first-order valence-electron chi connectivity index (χ1n) is 3.05. The first kappa shape index (κ1) is 9.31. The lowest BCUT2D eigenvalue weighted by Crippen LogP contribution is -2.22. The van der Waals surface area contributed by atoms with Crippen molar-refractivity contribution >= 4 is 15.9 Å². The first-order chi connectivity index (χ1) is 5.54. The molecule has 0 fully saturated rings. The summed E-state index contributed by atoms with van der Waals surface area (Å²) < 4.78 is 24.4. The summed E-state index contributed by atoms with van der Waals surface area (Å²) in [5.74, 6) is 0. The molecule has 0 radical (unpaired) electrons. The Morgan fingerprint density at radius 3 is 2.75 bits per heavy atom. The zero-order valence-corrected chi connectivity index (χ0v) is 7.68. The molecule has 0 saturated heterocycles. The smallest absolute Gasteiger partial charge is 0.268 e. The van der Waals surface area contributed by atoms with Crippen LogP contribution in [0.5, 0.6) is 0 Å². The lowest BCUT2D eigenvalue weighted by Gasteiger charge is -2.03. The molecule has 1 aromatic heterocycles. The topological polar surface area (TPSA) is 34.9 Å². The maximum Gasteiger partial charge on any atom is 0.322 e. The fourth-order valence-electron chi connectivity index (χ4n) is 0.665. The van der Waals surface area contributed by atoms with E-state index < -0.39 is 12.1 Å². The Labute approximate surface area is 75.2 Å². The molecule has 1 heterocycles. The molecular weight excluding hydrogens is 234 g/mol. The molecule has 0 spiro atoms. The van der Waals surface area contributed by atoms with Crippen molar-refractivity contribution in [2.45, 2.75) is 13.5 Å². The van der Waals surface area contributed by atoms with Crippen molar-refractivity contribution in [3.05, 3.63) is 26.8 Å². The van der Waals surface area contributed by atoms with E-state index in [4.69, 9.17) is 0 Å². The summed E-state index contributed by atoms with van der Waals surface area (Å²) in [5.41, 5.74) is -0.366. The summed E-state index contributed by atoms with van der Waals surface area (Å²) in [4.78, 5) is 14.6. The van der Waals surface area contributed by atoms with Gasteiger partial charge in [-0.1, -0.05) is 0 Å². The van der Waals surface area contributed by atoms with Crippen LogP contribution in [0.15, 0.2) is 15.6 Å². The number of alkyl halides is 2. The van der Waals surface area contributed by atoms with E-state index in [0.717, 1.165) is 6.33 Å². The van der Waals surface area contributed by atoms with Gasteiger partial charge in [-0.25, -0.2) is 9.55 Å². The number of nitrogens with zero attached hydrogens (tertiary/aromatic N) is 2. The minimum atomic E-state index is -2.85. The van der Waals surface area contributed by atoms with Gasteiger partial charge >= 0.3 is 6.55 Å². The SMILES string of the molecule is Cc1ncn(C(F)F)c(=O)c1Br. The van der Waals surface area contributed by atoms with Crippen LogP contribution in [0, 0.1) is 6.92 Å². The lowest BCUT2D eigenvalue weighted by atomic mass is 10.4. The quantitative estimate of drug-likeness (QED) is 0.747. The van der Waals surface area contributed by atoms with Gasteiger partial charge in [-0.05, 0) is 22.9 Å². The Balaban J connectivity index is 3.37. The number of halogens is 3. The third-order valence-electron chi connectivity index (χ3n) is 1.33. The maximum atomic E-state index is 12.0. The van der Waals surface area contributed by atoms with Crippen LogP contribution < -0.4 is 5.56 Å². The van der Waals surface area contributed by atoms with Gasteiger partial charge in [-0.15, -0.1) is 0 Å². The molecule has 1 aromatic rings. The average molecular weight is 239 g/mol. The Hall–Kier alpha value is -0.780. The van der Waals surface area contributed by atoms with Gasteiger partial charge in [0, 0.05) is 0 Å². The van der Waals surface area contributed by atoms with E-state index in [0.29, 0.717) is 5.69 Å². The van der Waals surface area contributed by atoms with Gasteiger partial charge in [0.05, 0.1) is 5.69 Å². The number of aromatic nitrogens is 2. The van der Waals surface area contributed by atoms with Gasteiger partial charge < -0.3 is 0 Å². The van der Waals surface area contributed by atoms with Crippen LogP contribution in [0.25, 0.3) is 0 Å². The largest absolute Gasteiger partial charge is 0.322 e. The minimum absolute atomic E-state index is 0.0744. The summed E-state index contributed by atoms with van der Waals surface area (Å²) >= 11 is 2.87. The predicted molar refractivity (Wildman–Crippen MR) is 42.2 cm³/mol. The first-order valence-corrected chi connectivity index (χ1v) is 3.84. The Morgan fingerprint density at radius 1 is 1.67 bits per heavy atom. The molecule has 0 aromatic carbocycles. The van der Waals surface area contributed by atoms with Gasteiger partial charge in [0.15, 0.2) is 0 Å². The number of aryl methyl sites for hydroxylation is 1. The fraction of sp³-hybridized carbons (Fsp3) is 0.333. The highest BCUT2D eigenvalue weighted by molar-refractivity contribution is 9.10. The molecule has 0 atom stereocenters. The van der Waals surface area contributed by atoms with E-state index in [1.165, 1.54) is 0 Å². The van der Waals surface area contributed by atoms with Crippen molar-refractivity contribution in [2.24, 2.45) is 0 Å². The van der Waals surface area contributed by atoms with Gasteiger partial charge in [-0.2, -0.15) is 8.78 Å². The zero-order valence-electron chi connectivity index (χ0n) is 6.09. The summed E-state index contributed by atoms with van der Waals surface area (Å²) in [6, 6.07) is 0. The number of hydrogen-bond acceptors (Lipinski definition) is 2. The Morgan fingerprint density at radius 2 is 2.25 bits per heavy atom. The second-order valence-electron chi connectivity index (χ2n) is 2.13. The molecule has 0 saturated carbocycles. The molecule has 0 bridgehead atoms. The molecule has 6 heteroatoms. The molecule has 12 heavy (non-hydrogen) atoms. The summed E-state index contributed by atoms with van der Waals surface area (Å²) in [6.07, 6.45) is 0.826. The molecule has 0 aliphatic heterocycles. The lowest BCUT2D eigenvalue weighted by molar-refractivity contribution is 0.0647. The number of rotatable bonds is 1. The van der Waals surface area contributed by atoms with E-state index in [9.17, 15) is 13.6 Å². The van der Waals surface area contributed by atoms with Crippen molar-refractivity contribution in [1.82, 2.24) is 9.55 Å². The Bertz CT molecular complexity index is 350. The van der Waals surface area contributed by atoms with Crippen LogP contribution >= 0.6 is 15.9 Å². The van der Waals surface area contributed by atoms with E-state index in [2.05, 4.69) is 20.9 Å². The van der Waals surface area contributed by atoms with Crippen molar-refractivity contribution in [3.63, 3.8) is 0 Å². The van der Waals surface area contributed by atoms with Gasteiger partial charge in [-0.3, -0.25) is 4.79 Å². The third-order valence-corrected chi connectivity index (χ3v) is 2.24. The maximum absolute atomic E-state index is 12.0. The second kappa shape index (κ2) is 3.30. The van der Waals surface area contributed by atoms with Crippen LogP contribution in [0.2, 0.25) is 0 Å². The summed E-state index contributed by atoms with van der Waals surface area (Å²) in [6.45, 7) is -1.29. The molecule has 1 rings (SSSR count). The Kier molecular flexibility index (Phi) is 2.56. The molecule has 66 valence electrons. The van der Waals surface area contributed by atoms with Crippen molar-refractivity contribution in [3.8, 4) is 0 Å². The average Bonchev–Trinajstić information content (AvgIpc) is 2.00. The molecule has 0 unspecified atom stereocenters.